The molecule has 0 aromatic heterocycles. The first-order chi connectivity index (χ1) is 9.29. The predicted octanol–water partition coefficient (Wildman–Crippen LogP) is 3.85. The first kappa shape index (κ1) is 14.4. The minimum atomic E-state index is 0.142. The predicted molar refractivity (Wildman–Crippen MR) is 81.5 cm³/mol. The monoisotopic (exact) mass is 261 g/mol. The highest BCUT2D eigenvalue weighted by Gasteiger charge is 2.34. The van der Waals surface area contributed by atoms with Crippen LogP contribution in [0.1, 0.15) is 45.4 Å². The summed E-state index contributed by atoms with van der Waals surface area (Å²) in [5, 5.41) is 9.81. The molecule has 19 heavy (non-hydrogen) atoms. The molecular formula is C17H27NO. The van der Waals surface area contributed by atoms with Gasteiger partial charge in [-0.15, -0.1) is 0 Å². The lowest BCUT2D eigenvalue weighted by Crippen LogP contribution is -2.39. The number of anilines is 1. The molecule has 0 amide bonds. The molecular weight excluding hydrogens is 234 g/mol. The molecule has 2 heteroatoms. The molecule has 1 saturated carbocycles. The standard InChI is InChI=1S/C17H27NO/c1-2-3-13-18(16-9-5-4-6-10-16)14-17(15-19)11-7-8-12-17/h4-6,9-10,19H,2-3,7-8,11-15H2,1H3. The summed E-state index contributed by atoms with van der Waals surface area (Å²) in [5.41, 5.74) is 1.44. The van der Waals surface area contributed by atoms with Gasteiger partial charge in [-0.3, -0.25) is 0 Å². The highest BCUT2D eigenvalue weighted by Crippen LogP contribution is 2.39. The highest BCUT2D eigenvalue weighted by atomic mass is 16.3. The lowest BCUT2D eigenvalue weighted by Gasteiger charge is -2.35. The maximum absolute atomic E-state index is 9.81. The van der Waals surface area contributed by atoms with E-state index in [1.807, 2.05) is 0 Å². The molecule has 1 aliphatic rings. The van der Waals surface area contributed by atoms with Gasteiger partial charge in [-0.05, 0) is 31.4 Å². The van der Waals surface area contributed by atoms with E-state index >= 15 is 0 Å². The van der Waals surface area contributed by atoms with Crippen LogP contribution in [0.5, 0.6) is 0 Å². The minimum absolute atomic E-state index is 0.142. The average molecular weight is 261 g/mol. The third kappa shape index (κ3) is 3.73. The number of nitrogens with zero attached hydrogens (tertiary/aromatic N) is 1. The van der Waals surface area contributed by atoms with Gasteiger partial charge < -0.3 is 10.0 Å². The van der Waals surface area contributed by atoms with Crippen molar-refractivity contribution in [1.29, 1.82) is 0 Å². The van der Waals surface area contributed by atoms with Crippen molar-refractivity contribution in [3.63, 3.8) is 0 Å². The van der Waals surface area contributed by atoms with Crippen LogP contribution in [0.2, 0.25) is 0 Å². The molecule has 1 aliphatic carbocycles. The summed E-state index contributed by atoms with van der Waals surface area (Å²) >= 11 is 0. The number of rotatable bonds is 7. The highest BCUT2D eigenvalue weighted by molar-refractivity contribution is 5.46. The number of aliphatic hydroxyl groups is 1. The summed E-state index contributed by atoms with van der Waals surface area (Å²) in [4.78, 5) is 2.48. The molecule has 0 atom stereocenters. The molecule has 1 aromatic rings. The van der Waals surface area contributed by atoms with Gasteiger partial charge in [0.15, 0.2) is 0 Å². The van der Waals surface area contributed by atoms with E-state index in [1.54, 1.807) is 0 Å². The van der Waals surface area contributed by atoms with Crippen molar-refractivity contribution in [2.45, 2.75) is 45.4 Å². The van der Waals surface area contributed by atoms with Crippen LogP contribution in [-0.4, -0.2) is 24.8 Å². The fourth-order valence-electron chi connectivity index (χ4n) is 3.18. The number of hydrogen-bond donors (Lipinski definition) is 1. The zero-order chi connectivity index (χ0) is 13.6. The molecule has 1 N–H and O–H groups in total. The largest absolute Gasteiger partial charge is 0.396 e. The molecule has 1 aromatic carbocycles. The Kier molecular flexibility index (Phi) is 5.26. The Morgan fingerprint density at radius 3 is 2.42 bits per heavy atom. The number of benzene rings is 1. The normalized spacial score (nSPS) is 17.6. The molecule has 0 saturated heterocycles. The smallest absolute Gasteiger partial charge is 0.0504 e. The molecule has 1 fully saturated rings. The summed E-state index contributed by atoms with van der Waals surface area (Å²) in [5.74, 6) is 0. The van der Waals surface area contributed by atoms with E-state index in [9.17, 15) is 5.11 Å². The summed E-state index contributed by atoms with van der Waals surface area (Å²) in [6, 6.07) is 10.7. The fourth-order valence-corrected chi connectivity index (χ4v) is 3.18. The maximum atomic E-state index is 9.81. The molecule has 0 radical (unpaired) electrons. The topological polar surface area (TPSA) is 23.5 Å². The average Bonchev–Trinajstić information content (AvgIpc) is 2.93. The zero-order valence-corrected chi connectivity index (χ0v) is 12.1. The number of hydrogen-bond acceptors (Lipinski definition) is 2. The lowest BCUT2D eigenvalue weighted by atomic mass is 9.86. The van der Waals surface area contributed by atoms with Crippen LogP contribution < -0.4 is 4.90 Å². The third-order valence-corrected chi connectivity index (χ3v) is 4.43. The molecule has 0 unspecified atom stereocenters. The quantitative estimate of drug-likeness (QED) is 0.806. The molecule has 2 nitrogen and oxygen atoms in total. The molecule has 0 heterocycles. The van der Waals surface area contributed by atoms with Crippen LogP contribution in [0, 0.1) is 5.41 Å². The van der Waals surface area contributed by atoms with Gasteiger partial charge in [0.2, 0.25) is 0 Å². The Hall–Kier alpha value is -1.02. The Morgan fingerprint density at radius 2 is 1.84 bits per heavy atom. The third-order valence-electron chi connectivity index (χ3n) is 4.43. The second kappa shape index (κ2) is 6.95. The Labute approximate surface area is 117 Å². The number of para-hydroxylation sites is 1. The van der Waals surface area contributed by atoms with Gasteiger partial charge in [-0.1, -0.05) is 44.4 Å². The van der Waals surface area contributed by atoms with Gasteiger partial charge >= 0.3 is 0 Å². The van der Waals surface area contributed by atoms with Crippen LogP contribution in [-0.2, 0) is 0 Å². The van der Waals surface area contributed by atoms with Crippen molar-refractivity contribution in [2.24, 2.45) is 5.41 Å². The minimum Gasteiger partial charge on any atom is -0.396 e. The van der Waals surface area contributed by atoms with E-state index in [4.69, 9.17) is 0 Å². The first-order valence-electron chi connectivity index (χ1n) is 7.70. The van der Waals surface area contributed by atoms with Gasteiger partial charge in [-0.25, -0.2) is 0 Å². The summed E-state index contributed by atoms with van der Waals surface area (Å²) < 4.78 is 0. The van der Waals surface area contributed by atoms with Gasteiger partial charge in [0.1, 0.15) is 0 Å². The van der Waals surface area contributed by atoms with Crippen LogP contribution in [0.4, 0.5) is 5.69 Å². The van der Waals surface area contributed by atoms with Crippen LogP contribution in [0.15, 0.2) is 30.3 Å². The SMILES string of the molecule is CCCCN(CC1(CO)CCCC1)c1ccccc1. The van der Waals surface area contributed by atoms with Crippen molar-refractivity contribution in [3.05, 3.63) is 30.3 Å². The second-order valence-electron chi connectivity index (χ2n) is 5.98. The van der Waals surface area contributed by atoms with Gasteiger partial charge in [-0.2, -0.15) is 0 Å². The molecule has 0 spiro atoms. The molecule has 2 rings (SSSR count). The van der Waals surface area contributed by atoms with E-state index in [0.717, 1.165) is 13.1 Å². The molecule has 0 bridgehead atoms. The molecule has 0 aliphatic heterocycles. The van der Waals surface area contributed by atoms with Crippen LogP contribution in [0.3, 0.4) is 0 Å². The Bertz CT molecular complexity index is 357. The lowest BCUT2D eigenvalue weighted by molar-refractivity contribution is 0.135. The summed E-state index contributed by atoms with van der Waals surface area (Å²) in [6.07, 6.45) is 7.34. The summed E-state index contributed by atoms with van der Waals surface area (Å²) in [6.45, 7) is 4.68. The van der Waals surface area contributed by atoms with Crippen molar-refractivity contribution in [2.75, 3.05) is 24.6 Å². The Morgan fingerprint density at radius 1 is 1.16 bits per heavy atom. The fraction of sp³-hybridized carbons (Fsp3) is 0.647. The summed E-state index contributed by atoms with van der Waals surface area (Å²) in [7, 11) is 0. The maximum Gasteiger partial charge on any atom is 0.0504 e. The molecule has 106 valence electrons. The second-order valence-corrected chi connectivity index (χ2v) is 5.98. The number of aliphatic hydroxyl groups excluding tert-OH is 1. The van der Waals surface area contributed by atoms with Crippen LogP contribution >= 0.6 is 0 Å². The zero-order valence-electron chi connectivity index (χ0n) is 12.1. The van der Waals surface area contributed by atoms with E-state index in [1.165, 1.54) is 44.2 Å². The first-order valence-corrected chi connectivity index (χ1v) is 7.70. The number of unbranched alkanes of at least 4 members (excludes halogenated alkanes) is 1. The van der Waals surface area contributed by atoms with E-state index in [0.29, 0.717) is 6.61 Å². The van der Waals surface area contributed by atoms with E-state index in [2.05, 4.69) is 42.2 Å². The van der Waals surface area contributed by atoms with Gasteiger partial charge in [0.05, 0.1) is 6.61 Å². The van der Waals surface area contributed by atoms with Crippen LogP contribution in [0.25, 0.3) is 0 Å². The van der Waals surface area contributed by atoms with Gasteiger partial charge in [0, 0.05) is 24.2 Å². The van der Waals surface area contributed by atoms with Gasteiger partial charge in [0.25, 0.3) is 0 Å². The van der Waals surface area contributed by atoms with Crippen molar-refractivity contribution in [3.8, 4) is 0 Å². The van der Waals surface area contributed by atoms with Crippen molar-refractivity contribution < 1.29 is 5.11 Å². The van der Waals surface area contributed by atoms with Crippen molar-refractivity contribution in [1.82, 2.24) is 0 Å². The van der Waals surface area contributed by atoms with Crippen molar-refractivity contribution >= 4 is 5.69 Å². The van der Waals surface area contributed by atoms with E-state index < -0.39 is 0 Å². The Balaban J connectivity index is 2.09. The van der Waals surface area contributed by atoms with E-state index in [-0.39, 0.29) is 5.41 Å².